The Balaban J connectivity index is 2.47. The Kier molecular flexibility index (Phi) is 3.83. The molecule has 0 aliphatic carbocycles. The molecule has 2 atom stereocenters. The van der Waals surface area contributed by atoms with Gasteiger partial charge in [0.2, 0.25) is 11.8 Å². The molecule has 1 aromatic carbocycles. The standard InChI is InChI=1S/C14H18N2O4/c1-8-14(18)16(9(2)13(17)15-8)11-6-5-10(19-3)7-12(11)20-4/h5-9H,1-4H3,(H,15,17). The fourth-order valence-corrected chi connectivity index (χ4v) is 2.22. The third-order valence-corrected chi connectivity index (χ3v) is 3.38. The molecule has 0 saturated carbocycles. The van der Waals surface area contributed by atoms with Crippen molar-refractivity contribution in [2.45, 2.75) is 25.9 Å². The monoisotopic (exact) mass is 278 g/mol. The van der Waals surface area contributed by atoms with Crippen molar-refractivity contribution in [1.29, 1.82) is 0 Å². The van der Waals surface area contributed by atoms with Crippen molar-refractivity contribution in [2.24, 2.45) is 0 Å². The van der Waals surface area contributed by atoms with Gasteiger partial charge in [-0.25, -0.2) is 0 Å². The van der Waals surface area contributed by atoms with Crippen LogP contribution in [0.25, 0.3) is 0 Å². The molecular formula is C14H18N2O4. The molecule has 20 heavy (non-hydrogen) atoms. The summed E-state index contributed by atoms with van der Waals surface area (Å²) in [6.45, 7) is 3.35. The molecule has 0 radical (unpaired) electrons. The van der Waals surface area contributed by atoms with E-state index in [9.17, 15) is 9.59 Å². The zero-order valence-corrected chi connectivity index (χ0v) is 12.0. The van der Waals surface area contributed by atoms with Crippen molar-refractivity contribution in [3.8, 4) is 11.5 Å². The minimum Gasteiger partial charge on any atom is -0.497 e. The number of rotatable bonds is 3. The Morgan fingerprint density at radius 2 is 1.85 bits per heavy atom. The Hall–Kier alpha value is -2.24. The second-order valence-corrected chi connectivity index (χ2v) is 4.65. The van der Waals surface area contributed by atoms with Crippen molar-refractivity contribution in [3.63, 3.8) is 0 Å². The molecule has 1 fully saturated rings. The van der Waals surface area contributed by atoms with Gasteiger partial charge in [0.15, 0.2) is 0 Å². The van der Waals surface area contributed by atoms with Crippen LogP contribution in [0.2, 0.25) is 0 Å². The normalized spacial score (nSPS) is 22.5. The SMILES string of the molecule is COc1ccc(N2C(=O)C(C)NC(=O)C2C)c(OC)c1. The molecule has 0 bridgehead atoms. The highest BCUT2D eigenvalue weighted by Gasteiger charge is 2.37. The Morgan fingerprint density at radius 3 is 2.45 bits per heavy atom. The third-order valence-electron chi connectivity index (χ3n) is 3.38. The highest BCUT2D eigenvalue weighted by atomic mass is 16.5. The number of hydrogen-bond donors (Lipinski definition) is 1. The van der Waals surface area contributed by atoms with Gasteiger partial charge >= 0.3 is 0 Å². The van der Waals surface area contributed by atoms with E-state index in [0.29, 0.717) is 17.2 Å². The fourth-order valence-electron chi connectivity index (χ4n) is 2.22. The molecule has 108 valence electrons. The summed E-state index contributed by atoms with van der Waals surface area (Å²) in [6.07, 6.45) is 0. The number of amides is 2. The van der Waals surface area contributed by atoms with E-state index in [0.717, 1.165) is 0 Å². The maximum absolute atomic E-state index is 12.3. The lowest BCUT2D eigenvalue weighted by molar-refractivity contribution is -0.133. The average molecular weight is 278 g/mol. The first-order valence-corrected chi connectivity index (χ1v) is 6.35. The Labute approximate surface area is 117 Å². The molecule has 0 aromatic heterocycles. The van der Waals surface area contributed by atoms with Gasteiger partial charge in [-0.3, -0.25) is 14.5 Å². The number of anilines is 1. The lowest BCUT2D eigenvalue weighted by Crippen LogP contribution is -2.61. The molecule has 6 nitrogen and oxygen atoms in total. The lowest BCUT2D eigenvalue weighted by atomic mass is 10.1. The number of carbonyl (C=O) groups excluding carboxylic acids is 2. The van der Waals surface area contributed by atoms with E-state index in [2.05, 4.69) is 5.32 Å². The zero-order chi connectivity index (χ0) is 14.9. The molecule has 1 saturated heterocycles. The van der Waals surface area contributed by atoms with Crippen molar-refractivity contribution < 1.29 is 19.1 Å². The number of piperazine rings is 1. The minimum atomic E-state index is -0.582. The van der Waals surface area contributed by atoms with Crippen molar-refractivity contribution in [3.05, 3.63) is 18.2 Å². The summed E-state index contributed by atoms with van der Waals surface area (Å²) in [5.41, 5.74) is 0.563. The van der Waals surface area contributed by atoms with Gasteiger partial charge in [-0.2, -0.15) is 0 Å². The van der Waals surface area contributed by atoms with Gasteiger partial charge in [0.1, 0.15) is 23.6 Å². The third kappa shape index (κ3) is 2.29. The van der Waals surface area contributed by atoms with E-state index in [4.69, 9.17) is 9.47 Å². The molecule has 6 heteroatoms. The van der Waals surface area contributed by atoms with Crippen molar-refractivity contribution in [1.82, 2.24) is 5.32 Å². The largest absolute Gasteiger partial charge is 0.497 e. The molecule has 1 N–H and O–H groups in total. The molecule has 0 spiro atoms. The highest BCUT2D eigenvalue weighted by molar-refractivity contribution is 6.08. The molecule has 2 unspecified atom stereocenters. The second kappa shape index (κ2) is 5.40. The number of nitrogens with zero attached hydrogens (tertiary/aromatic N) is 1. The zero-order valence-electron chi connectivity index (χ0n) is 12.0. The molecule has 2 amide bonds. The van der Waals surface area contributed by atoms with Crippen LogP contribution in [0, 0.1) is 0 Å². The van der Waals surface area contributed by atoms with E-state index >= 15 is 0 Å². The van der Waals surface area contributed by atoms with E-state index in [1.165, 1.54) is 12.0 Å². The Bertz CT molecular complexity index is 544. The van der Waals surface area contributed by atoms with Gasteiger partial charge in [0, 0.05) is 6.07 Å². The van der Waals surface area contributed by atoms with Crippen LogP contribution in [0.3, 0.4) is 0 Å². The number of methoxy groups -OCH3 is 2. The predicted molar refractivity (Wildman–Crippen MR) is 74.1 cm³/mol. The van der Waals surface area contributed by atoms with E-state index < -0.39 is 12.1 Å². The number of ether oxygens (including phenoxy) is 2. The summed E-state index contributed by atoms with van der Waals surface area (Å²) >= 11 is 0. The quantitative estimate of drug-likeness (QED) is 0.893. The van der Waals surface area contributed by atoms with Crippen LogP contribution in [0.1, 0.15) is 13.8 Å². The van der Waals surface area contributed by atoms with E-state index in [-0.39, 0.29) is 11.8 Å². The summed E-state index contributed by atoms with van der Waals surface area (Å²) in [5.74, 6) is 0.766. The van der Waals surface area contributed by atoms with E-state index in [1.54, 1.807) is 39.2 Å². The predicted octanol–water partition coefficient (Wildman–Crippen LogP) is 0.944. The van der Waals surface area contributed by atoms with Crippen LogP contribution in [-0.4, -0.2) is 38.1 Å². The van der Waals surface area contributed by atoms with E-state index in [1.807, 2.05) is 0 Å². The summed E-state index contributed by atoms with van der Waals surface area (Å²) in [7, 11) is 3.07. The van der Waals surface area contributed by atoms with Crippen LogP contribution >= 0.6 is 0 Å². The molecule has 1 aliphatic heterocycles. The first-order chi connectivity index (χ1) is 9.49. The van der Waals surface area contributed by atoms with Crippen molar-refractivity contribution in [2.75, 3.05) is 19.1 Å². The summed E-state index contributed by atoms with van der Waals surface area (Å²) < 4.78 is 10.4. The molecule has 1 aromatic rings. The minimum absolute atomic E-state index is 0.166. The van der Waals surface area contributed by atoms with Crippen LogP contribution in [0.15, 0.2) is 18.2 Å². The molecular weight excluding hydrogens is 260 g/mol. The summed E-state index contributed by atoms with van der Waals surface area (Å²) in [6, 6.07) is 4.00. The fraction of sp³-hybridized carbons (Fsp3) is 0.429. The maximum Gasteiger partial charge on any atom is 0.250 e. The average Bonchev–Trinajstić information content (AvgIpc) is 2.45. The maximum atomic E-state index is 12.3. The Morgan fingerprint density at radius 1 is 1.15 bits per heavy atom. The van der Waals surface area contributed by atoms with Gasteiger partial charge < -0.3 is 14.8 Å². The van der Waals surface area contributed by atoms with Gasteiger partial charge in [-0.15, -0.1) is 0 Å². The lowest BCUT2D eigenvalue weighted by Gasteiger charge is -2.36. The number of benzene rings is 1. The number of nitrogens with one attached hydrogen (secondary N) is 1. The van der Waals surface area contributed by atoms with Gasteiger partial charge in [-0.1, -0.05) is 0 Å². The second-order valence-electron chi connectivity index (χ2n) is 4.65. The molecule has 1 heterocycles. The molecule has 1 aliphatic rings. The number of carbonyl (C=O) groups is 2. The molecule has 2 rings (SSSR count). The van der Waals surface area contributed by atoms with Gasteiger partial charge in [0.25, 0.3) is 0 Å². The first-order valence-electron chi connectivity index (χ1n) is 6.35. The summed E-state index contributed by atoms with van der Waals surface area (Å²) in [5, 5.41) is 2.64. The van der Waals surface area contributed by atoms with Gasteiger partial charge in [-0.05, 0) is 26.0 Å². The number of hydrogen-bond acceptors (Lipinski definition) is 4. The van der Waals surface area contributed by atoms with Crippen LogP contribution in [0.4, 0.5) is 5.69 Å². The smallest absolute Gasteiger partial charge is 0.250 e. The van der Waals surface area contributed by atoms with Crippen LogP contribution in [0.5, 0.6) is 11.5 Å². The highest BCUT2D eigenvalue weighted by Crippen LogP contribution is 2.34. The first kappa shape index (κ1) is 14.2. The van der Waals surface area contributed by atoms with Crippen molar-refractivity contribution >= 4 is 17.5 Å². The van der Waals surface area contributed by atoms with Gasteiger partial charge in [0.05, 0.1) is 19.9 Å². The van der Waals surface area contributed by atoms with Crippen LogP contribution < -0.4 is 19.7 Å². The topological polar surface area (TPSA) is 67.9 Å². The summed E-state index contributed by atoms with van der Waals surface area (Å²) in [4.78, 5) is 25.7. The van der Waals surface area contributed by atoms with Crippen LogP contribution in [-0.2, 0) is 9.59 Å².